The van der Waals surface area contributed by atoms with Crippen LogP contribution < -0.4 is 0 Å². The van der Waals surface area contributed by atoms with Gasteiger partial charge in [0.1, 0.15) is 6.73 Å². The van der Waals surface area contributed by atoms with Gasteiger partial charge in [-0.05, 0) is 6.04 Å². The van der Waals surface area contributed by atoms with Gasteiger partial charge in [0.25, 0.3) is 0 Å². The van der Waals surface area contributed by atoms with Gasteiger partial charge in [-0.15, -0.1) is 0 Å². The second-order valence-corrected chi connectivity index (χ2v) is 10.3. The summed E-state index contributed by atoms with van der Waals surface area (Å²) in [5.74, 6) is 0. The lowest BCUT2D eigenvalue weighted by atomic mass is 10.7. The van der Waals surface area contributed by atoms with E-state index in [9.17, 15) is 0 Å². The largest absolute Gasteiger partial charge is 0.366 e. The maximum Gasteiger partial charge on any atom is 0.101 e. The molecule has 0 atom stereocenters. The zero-order valence-electron chi connectivity index (χ0n) is 8.92. The van der Waals surface area contributed by atoms with Crippen LogP contribution in [0.1, 0.15) is 0 Å². The quantitative estimate of drug-likeness (QED) is 0.498. The van der Waals surface area contributed by atoms with Gasteiger partial charge in [-0.1, -0.05) is 19.6 Å². The van der Waals surface area contributed by atoms with Crippen molar-refractivity contribution < 1.29 is 4.74 Å². The lowest BCUT2D eigenvalue weighted by molar-refractivity contribution is 0.0506. The maximum atomic E-state index is 5.57. The van der Waals surface area contributed by atoms with E-state index < -0.39 is 8.07 Å². The molecule has 0 saturated carbocycles. The monoisotopic (exact) mass is 200 g/mol. The molecule has 0 aromatic heterocycles. The van der Waals surface area contributed by atoms with Gasteiger partial charge in [-0.25, -0.2) is 0 Å². The van der Waals surface area contributed by atoms with Gasteiger partial charge in [0, 0.05) is 27.4 Å². The molecular weight excluding hydrogens is 180 g/mol. The van der Waals surface area contributed by atoms with Crippen LogP contribution in [-0.4, -0.2) is 45.7 Å². The number of nitrogens with zero attached hydrogens (tertiary/aromatic N) is 2. The molecule has 0 spiro atoms. The average molecular weight is 200 g/mol. The summed E-state index contributed by atoms with van der Waals surface area (Å²) in [5, 5.41) is 0. The number of hydrogen-bond acceptors (Lipinski definition) is 3. The zero-order valence-corrected chi connectivity index (χ0v) is 9.92. The van der Waals surface area contributed by atoms with Crippen LogP contribution in [0.25, 0.3) is 0 Å². The SMILES string of the molecule is C[Si](C)(C)CCOCN1CC=NC1. The molecule has 76 valence electrons. The molecule has 0 amide bonds. The molecule has 0 fully saturated rings. The van der Waals surface area contributed by atoms with Crippen LogP contribution >= 0.6 is 0 Å². The Bertz CT molecular complexity index is 169. The lowest BCUT2D eigenvalue weighted by Crippen LogP contribution is -2.27. The molecule has 1 rings (SSSR count). The third-order valence-corrected chi connectivity index (χ3v) is 3.72. The summed E-state index contributed by atoms with van der Waals surface area (Å²) in [6.07, 6.45) is 1.95. The summed E-state index contributed by atoms with van der Waals surface area (Å²) in [7, 11) is -0.909. The van der Waals surface area contributed by atoms with Crippen molar-refractivity contribution in [1.29, 1.82) is 0 Å². The number of ether oxygens (including phenoxy) is 1. The molecule has 0 bridgehead atoms. The van der Waals surface area contributed by atoms with E-state index in [0.717, 1.165) is 26.6 Å². The van der Waals surface area contributed by atoms with Crippen molar-refractivity contribution >= 4 is 14.3 Å². The predicted octanol–water partition coefficient (Wildman–Crippen LogP) is 1.64. The molecule has 4 heteroatoms. The van der Waals surface area contributed by atoms with E-state index in [0.29, 0.717) is 0 Å². The fourth-order valence-electron chi connectivity index (χ4n) is 1.07. The van der Waals surface area contributed by atoms with E-state index in [1.807, 2.05) is 6.21 Å². The molecule has 0 aliphatic carbocycles. The zero-order chi connectivity index (χ0) is 9.73. The number of aliphatic imine (C=N–C) groups is 1. The fraction of sp³-hybridized carbons (Fsp3) is 0.889. The van der Waals surface area contributed by atoms with Gasteiger partial charge in [0.2, 0.25) is 0 Å². The topological polar surface area (TPSA) is 24.8 Å². The van der Waals surface area contributed by atoms with E-state index in [1.54, 1.807) is 0 Å². The fourth-order valence-corrected chi connectivity index (χ4v) is 1.83. The predicted molar refractivity (Wildman–Crippen MR) is 59.0 cm³/mol. The highest BCUT2D eigenvalue weighted by Crippen LogP contribution is 2.07. The Labute approximate surface area is 81.8 Å². The highest BCUT2D eigenvalue weighted by molar-refractivity contribution is 6.76. The van der Waals surface area contributed by atoms with Crippen LogP contribution in [0.5, 0.6) is 0 Å². The van der Waals surface area contributed by atoms with Gasteiger partial charge in [0.15, 0.2) is 0 Å². The second kappa shape index (κ2) is 4.88. The molecule has 1 aliphatic heterocycles. The normalized spacial score (nSPS) is 18.4. The van der Waals surface area contributed by atoms with Crippen molar-refractivity contribution in [2.45, 2.75) is 25.7 Å². The summed E-state index contributed by atoms with van der Waals surface area (Å²) < 4.78 is 5.57. The summed E-state index contributed by atoms with van der Waals surface area (Å²) >= 11 is 0. The van der Waals surface area contributed by atoms with Crippen LogP contribution in [0, 0.1) is 0 Å². The van der Waals surface area contributed by atoms with E-state index in [1.165, 1.54) is 6.04 Å². The van der Waals surface area contributed by atoms with Crippen LogP contribution in [0.3, 0.4) is 0 Å². The number of rotatable bonds is 5. The Kier molecular flexibility index (Phi) is 4.09. The minimum absolute atomic E-state index is 0.741. The van der Waals surface area contributed by atoms with Crippen LogP contribution in [0.4, 0.5) is 0 Å². The standard InChI is InChI=1S/C9H20N2OSi/c1-13(2,3)7-6-12-9-11-5-4-10-8-11/h4H,5-9H2,1-3H3. The summed E-state index contributed by atoms with van der Waals surface area (Å²) in [6, 6.07) is 1.25. The highest BCUT2D eigenvalue weighted by Gasteiger charge is 2.13. The Balaban J connectivity index is 1.95. The third kappa shape index (κ3) is 5.18. The smallest absolute Gasteiger partial charge is 0.101 e. The first-order valence-electron chi connectivity index (χ1n) is 4.86. The molecule has 1 heterocycles. The molecule has 0 unspecified atom stereocenters. The first kappa shape index (κ1) is 10.9. The van der Waals surface area contributed by atoms with Gasteiger partial charge < -0.3 is 4.74 Å². The molecule has 0 radical (unpaired) electrons. The molecule has 0 aromatic carbocycles. The Morgan fingerprint density at radius 2 is 2.23 bits per heavy atom. The second-order valence-electron chi connectivity index (χ2n) is 4.71. The van der Waals surface area contributed by atoms with Crippen LogP contribution in [0.2, 0.25) is 25.7 Å². The Morgan fingerprint density at radius 3 is 2.77 bits per heavy atom. The van der Waals surface area contributed by atoms with Gasteiger partial charge in [-0.2, -0.15) is 0 Å². The van der Waals surface area contributed by atoms with E-state index in [-0.39, 0.29) is 0 Å². The van der Waals surface area contributed by atoms with Crippen LogP contribution in [-0.2, 0) is 4.74 Å². The average Bonchev–Trinajstić information content (AvgIpc) is 2.48. The van der Waals surface area contributed by atoms with Crippen molar-refractivity contribution in [2.24, 2.45) is 4.99 Å². The van der Waals surface area contributed by atoms with E-state index in [2.05, 4.69) is 29.5 Å². The number of hydrogen-bond donors (Lipinski definition) is 0. The Hall–Kier alpha value is -0.193. The van der Waals surface area contributed by atoms with E-state index >= 15 is 0 Å². The van der Waals surface area contributed by atoms with Crippen molar-refractivity contribution in [3.05, 3.63) is 0 Å². The Morgan fingerprint density at radius 1 is 1.46 bits per heavy atom. The van der Waals surface area contributed by atoms with Crippen molar-refractivity contribution in [2.75, 3.05) is 26.6 Å². The minimum Gasteiger partial charge on any atom is -0.366 e. The summed E-state index contributed by atoms with van der Waals surface area (Å²) in [4.78, 5) is 6.31. The van der Waals surface area contributed by atoms with E-state index in [4.69, 9.17) is 4.74 Å². The molecule has 0 saturated heterocycles. The summed E-state index contributed by atoms with van der Waals surface area (Å²) in [5.41, 5.74) is 0. The lowest BCUT2D eigenvalue weighted by Gasteiger charge is -2.18. The first-order valence-corrected chi connectivity index (χ1v) is 8.57. The van der Waals surface area contributed by atoms with Crippen molar-refractivity contribution in [3.63, 3.8) is 0 Å². The molecule has 13 heavy (non-hydrogen) atoms. The third-order valence-electron chi connectivity index (χ3n) is 2.02. The van der Waals surface area contributed by atoms with Crippen molar-refractivity contribution in [1.82, 2.24) is 4.90 Å². The first-order chi connectivity index (χ1) is 6.08. The molecular formula is C9H20N2OSi. The van der Waals surface area contributed by atoms with Gasteiger partial charge in [-0.3, -0.25) is 9.89 Å². The molecule has 1 aliphatic rings. The van der Waals surface area contributed by atoms with Gasteiger partial charge >= 0.3 is 0 Å². The molecule has 3 nitrogen and oxygen atoms in total. The van der Waals surface area contributed by atoms with Crippen LogP contribution in [0.15, 0.2) is 4.99 Å². The van der Waals surface area contributed by atoms with Crippen molar-refractivity contribution in [3.8, 4) is 0 Å². The minimum atomic E-state index is -0.909. The maximum absolute atomic E-state index is 5.57. The molecule has 0 aromatic rings. The van der Waals surface area contributed by atoms with Gasteiger partial charge in [0.05, 0.1) is 6.67 Å². The molecule has 0 N–H and O–H groups in total. The highest BCUT2D eigenvalue weighted by atomic mass is 28.3. The summed E-state index contributed by atoms with van der Waals surface area (Å²) in [6.45, 7) is 10.5.